The van der Waals surface area contributed by atoms with Crippen molar-refractivity contribution >= 4 is 33.7 Å². The average molecular weight is 348 g/mol. The molecule has 0 bridgehead atoms. The number of rotatable bonds is 3. The molecule has 2 heterocycles. The third kappa shape index (κ3) is 2.61. The van der Waals surface area contributed by atoms with Gasteiger partial charge in [0.05, 0.1) is 11.0 Å². The summed E-state index contributed by atoms with van der Waals surface area (Å²) in [7, 11) is 0. The van der Waals surface area contributed by atoms with Crippen molar-refractivity contribution in [3.63, 3.8) is 0 Å². The van der Waals surface area contributed by atoms with Gasteiger partial charge in [-0.2, -0.15) is 0 Å². The predicted octanol–water partition coefficient (Wildman–Crippen LogP) is 4.17. The molecule has 6 heteroatoms. The SMILES string of the molecule is CC(=O)Oc1ccc(-c2ccc(OC(C)=O)c3cc[nH]c23)c2[nH]ccc12. The number of nitrogens with one attached hydrogen (secondary N) is 2. The maximum absolute atomic E-state index is 11.3. The molecule has 130 valence electrons. The Morgan fingerprint density at radius 3 is 1.50 bits per heavy atom. The zero-order valence-electron chi connectivity index (χ0n) is 14.3. The monoisotopic (exact) mass is 348 g/mol. The molecule has 2 aromatic carbocycles. The van der Waals surface area contributed by atoms with Crippen molar-refractivity contribution in [3.05, 3.63) is 48.8 Å². The summed E-state index contributed by atoms with van der Waals surface area (Å²) in [6.07, 6.45) is 3.61. The lowest BCUT2D eigenvalue weighted by atomic mass is 10.00. The van der Waals surface area contributed by atoms with E-state index in [1.165, 1.54) is 13.8 Å². The second kappa shape index (κ2) is 6.07. The van der Waals surface area contributed by atoms with Crippen LogP contribution in [0, 0.1) is 0 Å². The lowest BCUT2D eigenvalue weighted by molar-refractivity contribution is -0.132. The molecule has 2 N–H and O–H groups in total. The maximum atomic E-state index is 11.3. The molecule has 0 aliphatic carbocycles. The van der Waals surface area contributed by atoms with Crippen LogP contribution in [0.2, 0.25) is 0 Å². The van der Waals surface area contributed by atoms with Crippen LogP contribution in [-0.2, 0) is 9.59 Å². The second-order valence-electron chi connectivity index (χ2n) is 5.94. The highest BCUT2D eigenvalue weighted by atomic mass is 16.5. The number of aromatic amines is 2. The van der Waals surface area contributed by atoms with E-state index in [0.717, 1.165) is 32.9 Å². The van der Waals surface area contributed by atoms with Gasteiger partial charge in [0.1, 0.15) is 11.5 Å². The fourth-order valence-corrected chi connectivity index (χ4v) is 3.20. The summed E-state index contributed by atoms with van der Waals surface area (Å²) in [6, 6.07) is 11.1. The Balaban J connectivity index is 1.91. The molecular weight excluding hydrogens is 332 g/mol. The number of hydrogen-bond donors (Lipinski definition) is 2. The van der Waals surface area contributed by atoms with Crippen LogP contribution in [0.25, 0.3) is 32.9 Å². The first-order valence-electron chi connectivity index (χ1n) is 8.12. The number of carbonyl (C=O) groups excluding carboxylic acids is 2. The molecule has 0 aliphatic rings. The molecule has 4 aromatic rings. The molecule has 0 saturated carbocycles. The van der Waals surface area contributed by atoms with E-state index in [9.17, 15) is 9.59 Å². The van der Waals surface area contributed by atoms with Gasteiger partial charge in [0.25, 0.3) is 0 Å². The van der Waals surface area contributed by atoms with E-state index in [1.807, 2.05) is 24.3 Å². The van der Waals surface area contributed by atoms with Gasteiger partial charge in [-0.15, -0.1) is 0 Å². The molecule has 0 unspecified atom stereocenters. The average Bonchev–Trinajstić information content (AvgIpc) is 3.24. The zero-order chi connectivity index (χ0) is 18.3. The van der Waals surface area contributed by atoms with Crippen molar-refractivity contribution in [2.75, 3.05) is 0 Å². The van der Waals surface area contributed by atoms with Crippen molar-refractivity contribution in [2.45, 2.75) is 13.8 Å². The van der Waals surface area contributed by atoms with Crippen LogP contribution in [0.4, 0.5) is 0 Å². The first-order valence-corrected chi connectivity index (χ1v) is 8.12. The molecular formula is C20H16N2O4. The highest BCUT2D eigenvalue weighted by molar-refractivity contribution is 6.06. The summed E-state index contributed by atoms with van der Waals surface area (Å²) in [5.74, 6) is 0.295. The van der Waals surface area contributed by atoms with E-state index in [4.69, 9.17) is 9.47 Å². The van der Waals surface area contributed by atoms with E-state index >= 15 is 0 Å². The van der Waals surface area contributed by atoms with Crippen molar-refractivity contribution in [3.8, 4) is 22.6 Å². The molecule has 4 rings (SSSR count). The number of H-pyrrole nitrogens is 2. The number of esters is 2. The minimum absolute atomic E-state index is 0.363. The summed E-state index contributed by atoms with van der Waals surface area (Å²) < 4.78 is 10.6. The van der Waals surface area contributed by atoms with Crippen molar-refractivity contribution in [2.24, 2.45) is 0 Å². The third-order valence-electron chi connectivity index (χ3n) is 4.16. The Morgan fingerprint density at radius 2 is 1.12 bits per heavy atom. The van der Waals surface area contributed by atoms with E-state index in [1.54, 1.807) is 24.5 Å². The molecule has 2 aromatic heterocycles. The van der Waals surface area contributed by atoms with Gasteiger partial charge in [-0.05, 0) is 36.4 Å². The van der Waals surface area contributed by atoms with Gasteiger partial charge in [0, 0.05) is 48.1 Å². The largest absolute Gasteiger partial charge is 0.426 e. The summed E-state index contributed by atoms with van der Waals surface area (Å²) in [5, 5.41) is 1.64. The van der Waals surface area contributed by atoms with Crippen molar-refractivity contribution in [1.29, 1.82) is 0 Å². The van der Waals surface area contributed by atoms with Crippen molar-refractivity contribution < 1.29 is 19.1 Å². The van der Waals surface area contributed by atoms with Crippen LogP contribution in [0.3, 0.4) is 0 Å². The van der Waals surface area contributed by atoms with Crippen LogP contribution in [0.1, 0.15) is 13.8 Å². The van der Waals surface area contributed by atoms with Crippen molar-refractivity contribution in [1.82, 2.24) is 9.97 Å². The van der Waals surface area contributed by atoms with Crippen LogP contribution >= 0.6 is 0 Å². The van der Waals surface area contributed by atoms with E-state index in [0.29, 0.717) is 11.5 Å². The highest BCUT2D eigenvalue weighted by Gasteiger charge is 2.16. The molecule has 0 radical (unpaired) electrons. The topological polar surface area (TPSA) is 84.2 Å². The lowest BCUT2D eigenvalue weighted by Crippen LogP contribution is -2.02. The van der Waals surface area contributed by atoms with Gasteiger partial charge in [0.2, 0.25) is 0 Å². The van der Waals surface area contributed by atoms with E-state index in [-0.39, 0.29) is 11.9 Å². The quantitative estimate of drug-likeness (QED) is 0.430. The first-order chi connectivity index (χ1) is 12.5. The highest BCUT2D eigenvalue weighted by Crippen LogP contribution is 2.39. The Morgan fingerprint density at radius 1 is 0.692 bits per heavy atom. The summed E-state index contributed by atoms with van der Waals surface area (Å²) in [4.78, 5) is 29.1. The van der Waals surface area contributed by atoms with Gasteiger partial charge < -0.3 is 19.4 Å². The van der Waals surface area contributed by atoms with Gasteiger partial charge >= 0.3 is 11.9 Å². The number of carbonyl (C=O) groups is 2. The molecule has 0 atom stereocenters. The summed E-state index contributed by atoms with van der Waals surface area (Å²) in [5.41, 5.74) is 3.62. The Hall–Kier alpha value is -3.54. The van der Waals surface area contributed by atoms with Gasteiger partial charge in [-0.3, -0.25) is 9.59 Å². The van der Waals surface area contributed by atoms with Crippen LogP contribution in [0.5, 0.6) is 11.5 Å². The minimum Gasteiger partial charge on any atom is -0.426 e. The minimum atomic E-state index is -0.363. The van der Waals surface area contributed by atoms with Crippen LogP contribution in [-0.4, -0.2) is 21.9 Å². The number of fused-ring (bicyclic) bond motifs is 2. The van der Waals surface area contributed by atoms with Gasteiger partial charge in [-0.1, -0.05) is 0 Å². The number of benzene rings is 2. The second-order valence-corrected chi connectivity index (χ2v) is 5.94. The smallest absolute Gasteiger partial charge is 0.308 e. The number of ether oxygens (including phenoxy) is 2. The summed E-state index contributed by atoms with van der Waals surface area (Å²) >= 11 is 0. The lowest BCUT2D eigenvalue weighted by Gasteiger charge is -2.11. The normalized spacial score (nSPS) is 11.0. The predicted molar refractivity (Wildman–Crippen MR) is 98.2 cm³/mol. The van der Waals surface area contributed by atoms with Gasteiger partial charge in [0.15, 0.2) is 0 Å². The molecule has 0 amide bonds. The third-order valence-corrected chi connectivity index (χ3v) is 4.16. The molecule has 0 aliphatic heterocycles. The summed E-state index contributed by atoms with van der Waals surface area (Å²) in [6.45, 7) is 2.76. The Labute approximate surface area is 148 Å². The first kappa shape index (κ1) is 16.0. The van der Waals surface area contributed by atoms with E-state index < -0.39 is 0 Å². The Bertz CT molecular complexity index is 1060. The van der Waals surface area contributed by atoms with Gasteiger partial charge in [-0.25, -0.2) is 0 Å². The van der Waals surface area contributed by atoms with Crippen LogP contribution in [0.15, 0.2) is 48.8 Å². The molecule has 6 nitrogen and oxygen atoms in total. The van der Waals surface area contributed by atoms with E-state index in [2.05, 4.69) is 9.97 Å². The molecule has 0 spiro atoms. The molecule has 0 fully saturated rings. The molecule has 0 saturated heterocycles. The molecule has 26 heavy (non-hydrogen) atoms. The number of hydrogen-bond acceptors (Lipinski definition) is 4. The fraction of sp³-hybridized carbons (Fsp3) is 0.100. The Kier molecular flexibility index (Phi) is 3.73. The van der Waals surface area contributed by atoms with Crippen LogP contribution < -0.4 is 9.47 Å². The maximum Gasteiger partial charge on any atom is 0.308 e. The standard InChI is InChI=1S/C20H16N2O4/c1-11(23)25-17-5-3-13(19-15(17)7-9-21-19)14-4-6-18(26-12(2)24)16-8-10-22-20(14)16/h3-10,21-22H,1-2H3. The number of aromatic nitrogens is 2. The fourth-order valence-electron chi connectivity index (χ4n) is 3.20. The zero-order valence-corrected chi connectivity index (χ0v) is 14.3.